The molecule has 10 heteroatoms. The van der Waals surface area contributed by atoms with Crippen molar-refractivity contribution in [3.8, 4) is 11.3 Å². The molecule has 0 aliphatic heterocycles. The Morgan fingerprint density at radius 3 is 2.68 bits per heavy atom. The van der Waals surface area contributed by atoms with E-state index in [1.807, 2.05) is 32.9 Å². The predicted octanol–water partition coefficient (Wildman–Crippen LogP) is 5.47. The van der Waals surface area contributed by atoms with Crippen LogP contribution in [0.1, 0.15) is 32.5 Å². The van der Waals surface area contributed by atoms with Crippen LogP contribution in [-0.4, -0.2) is 26.0 Å². The number of hydrogen-bond donors (Lipinski definition) is 2. The number of amides is 1. The largest absolute Gasteiger partial charge is 0.361 e. The van der Waals surface area contributed by atoms with Gasteiger partial charge in [-0.05, 0) is 39.3 Å². The highest BCUT2D eigenvalue weighted by Crippen LogP contribution is 2.30. The van der Waals surface area contributed by atoms with Crippen LogP contribution in [-0.2, 0) is 0 Å². The number of aromatic nitrogens is 4. The normalized spacial score (nSPS) is 10.9. The second-order valence-corrected chi connectivity index (χ2v) is 8.36. The Bertz CT molecular complexity index is 1240. The second-order valence-electron chi connectivity index (χ2n) is 6.93. The minimum atomic E-state index is -0.281. The number of nitrogens with one attached hydrogen (secondary N) is 2. The molecule has 1 aromatic carbocycles. The number of carbonyl (C=O) groups excluding carboxylic acids is 1. The van der Waals surface area contributed by atoms with Crippen LogP contribution in [0.5, 0.6) is 0 Å². The standard InChI is InChI=1S/C21H19ClN6O2S/c1-10-6-5-7-14(22)19(10)27-20(29)16-9-23-21(31-16)26-17-8-15(24-13(4)25-17)18-11(2)28-30-12(18)3/h5-9H,1-4H3,(H,27,29)(H,23,24,25,26). The Morgan fingerprint density at radius 2 is 1.97 bits per heavy atom. The minimum absolute atomic E-state index is 0.281. The molecule has 31 heavy (non-hydrogen) atoms. The lowest BCUT2D eigenvalue weighted by Gasteiger charge is -2.09. The van der Waals surface area contributed by atoms with Crippen LogP contribution in [0.3, 0.4) is 0 Å². The third-order valence-corrected chi connectivity index (χ3v) is 5.78. The molecule has 0 radical (unpaired) electrons. The smallest absolute Gasteiger partial charge is 0.267 e. The molecule has 0 atom stereocenters. The number of anilines is 3. The Hall–Kier alpha value is -3.30. The first kappa shape index (κ1) is 21.0. The molecular formula is C21H19ClN6O2S. The summed E-state index contributed by atoms with van der Waals surface area (Å²) in [4.78, 5) is 26.3. The van der Waals surface area contributed by atoms with E-state index < -0.39 is 0 Å². The van der Waals surface area contributed by atoms with Gasteiger partial charge in [-0.2, -0.15) is 0 Å². The van der Waals surface area contributed by atoms with E-state index in [0.717, 1.165) is 16.8 Å². The van der Waals surface area contributed by atoms with Gasteiger partial charge in [0.15, 0.2) is 5.13 Å². The van der Waals surface area contributed by atoms with Crippen molar-refractivity contribution < 1.29 is 9.32 Å². The van der Waals surface area contributed by atoms with Gasteiger partial charge in [0, 0.05) is 6.07 Å². The number of benzene rings is 1. The first-order valence-electron chi connectivity index (χ1n) is 9.40. The summed E-state index contributed by atoms with van der Waals surface area (Å²) in [6.07, 6.45) is 1.51. The predicted molar refractivity (Wildman–Crippen MR) is 121 cm³/mol. The molecule has 4 rings (SSSR count). The van der Waals surface area contributed by atoms with Crippen molar-refractivity contribution in [2.75, 3.05) is 10.6 Å². The second kappa shape index (κ2) is 8.44. The van der Waals surface area contributed by atoms with E-state index in [-0.39, 0.29) is 5.91 Å². The molecule has 0 bridgehead atoms. The third kappa shape index (κ3) is 4.42. The number of carbonyl (C=O) groups is 1. The molecule has 0 saturated carbocycles. The zero-order valence-electron chi connectivity index (χ0n) is 17.3. The van der Waals surface area contributed by atoms with Crippen molar-refractivity contribution in [2.24, 2.45) is 0 Å². The Morgan fingerprint density at radius 1 is 1.16 bits per heavy atom. The van der Waals surface area contributed by atoms with Crippen LogP contribution in [0.25, 0.3) is 11.3 Å². The SMILES string of the molecule is Cc1nc(Nc2ncc(C(=O)Nc3c(C)cccc3Cl)s2)cc(-c2c(C)noc2C)n1. The molecule has 0 unspecified atom stereocenters. The molecule has 2 N–H and O–H groups in total. The third-order valence-electron chi connectivity index (χ3n) is 4.55. The summed E-state index contributed by atoms with van der Waals surface area (Å²) in [5, 5.41) is 11.0. The summed E-state index contributed by atoms with van der Waals surface area (Å²) in [6.45, 7) is 7.39. The van der Waals surface area contributed by atoms with Crippen LogP contribution in [0, 0.1) is 27.7 Å². The molecule has 3 heterocycles. The van der Waals surface area contributed by atoms with E-state index >= 15 is 0 Å². The van der Waals surface area contributed by atoms with Crippen LogP contribution in [0.2, 0.25) is 5.02 Å². The van der Waals surface area contributed by atoms with Gasteiger partial charge in [0.1, 0.15) is 22.3 Å². The Labute approximate surface area is 187 Å². The molecule has 3 aromatic heterocycles. The van der Waals surface area contributed by atoms with Gasteiger partial charge in [-0.25, -0.2) is 15.0 Å². The summed E-state index contributed by atoms with van der Waals surface area (Å²) in [5.41, 5.74) is 3.77. The summed E-state index contributed by atoms with van der Waals surface area (Å²) in [6, 6.07) is 7.25. The van der Waals surface area contributed by atoms with E-state index in [1.54, 1.807) is 19.1 Å². The monoisotopic (exact) mass is 454 g/mol. The molecular weight excluding hydrogens is 436 g/mol. The van der Waals surface area contributed by atoms with Crippen molar-refractivity contribution in [2.45, 2.75) is 27.7 Å². The van der Waals surface area contributed by atoms with E-state index in [1.165, 1.54) is 17.5 Å². The molecule has 0 spiro atoms. The van der Waals surface area contributed by atoms with Gasteiger partial charge in [0.2, 0.25) is 0 Å². The molecule has 0 aliphatic carbocycles. The first-order chi connectivity index (χ1) is 14.8. The van der Waals surface area contributed by atoms with E-state index in [9.17, 15) is 4.79 Å². The van der Waals surface area contributed by atoms with E-state index in [0.29, 0.717) is 43.8 Å². The number of thiazole rings is 1. The zero-order chi connectivity index (χ0) is 22.1. The first-order valence-corrected chi connectivity index (χ1v) is 10.6. The molecule has 4 aromatic rings. The molecule has 8 nitrogen and oxygen atoms in total. The van der Waals surface area contributed by atoms with Gasteiger partial charge < -0.3 is 15.2 Å². The summed E-state index contributed by atoms with van der Waals surface area (Å²) < 4.78 is 5.25. The van der Waals surface area contributed by atoms with E-state index in [2.05, 4.69) is 30.7 Å². The Kier molecular flexibility index (Phi) is 5.71. The van der Waals surface area contributed by atoms with Crippen molar-refractivity contribution in [3.63, 3.8) is 0 Å². The summed E-state index contributed by atoms with van der Waals surface area (Å²) in [5.74, 6) is 1.55. The van der Waals surface area contributed by atoms with Gasteiger partial charge in [-0.3, -0.25) is 4.79 Å². The number of halogens is 1. The minimum Gasteiger partial charge on any atom is -0.361 e. The highest BCUT2D eigenvalue weighted by Gasteiger charge is 2.17. The van der Waals surface area contributed by atoms with Crippen molar-refractivity contribution >= 4 is 45.5 Å². The van der Waals surface area contributed by atoms with Gasteiger partial charge in [0.05, 0.1) is 33.9 Å². The van der Waals surface area contributed by atoms with Gasteiger partial charge >= 0.3 is 0 Å². The van der Waals surface area contributed by atoms with Crippen LogP contribution in [0.15, 0.2) is 35.0 Å². The topological polar surface area (TPSA) is 106 Å². The average Bonchev–Trinajstić information content (AvgIpc) is 3.30. The fraction of sp³-hybridized carbons (Fsp3) is 0.190. The summed E-state index contributed by atoms with van der Waals surface area (Å²) >= 11 is 7.42. The quantitative estimate of drug-likeness (QED) is 0.411. The average molecular weight is 455 g/mol. The van der Waals surface area contributed by atoms with Crippen molar-refractivity contribution in [1.82, 2.24) is 20.1 Å². The molecule has 0 saturated heterocycles. The maximum absolute atomic E-state index is 12.7. The molecule has 1 amide bonds. The highest BCUT2D eigenvalue weighted by atomic mass is 35.5. The summed E-state index contributed by atoms with van der Waals surface area (Å²) in [7, 11) is 0. The zero-order valence-corrected chi connectivity index (χ0v) is 18.9. The maximum atomic E-state index is 12.7. The maximum Gasteiger partial charge on any atom is 0.267 e. The van der Waals surface area contributed by atoms with Gasteiger partial charge in [-0.15, -0.1) is 0 Å². The number of rotatable bonds is 5. The fourth-order valence-corrected chi connectivity index (χ4v) is 4.11. The molecule has 158 valence electrons. The number of aryl methyl sites for hydroxylation is 4. The van der Waals surface area contributed by atoms with Crippen molar-refractivity contribution in [1.29, 1.82) is 0 Å². The number of para-hydroxylation sites is 1. The molecule has 0 fully saturated rings. The van der Waals surface area contributed by atoms with Crippen molar-refractivity contribution in [3.05, 3.63) is 63.2 Å². The molecule has 0 aliphatic rings. The fourth-order valence-electron chi connectivity index (χ4n) is 3.12. The van der Waals surface area contributed by atoms with Crippen LogP contribution >= 0.6 is 22.9 Å². The lowest BCUT2D eigenvalue weighted by atomic mass is 10.1. The lowest BCUT2D eigenvalue weighted by molar-refractivity contribution is 0.103. The number of nitrogens with zero attached hydrogens (tertiary/aromatic N) is 4. The van der Waals surface area contributed by atoms with Crippen LogP contribution < -0.4 is 10.6 Å². The number of hydrogen-bond acceptors (Lipinski definition) is 8. The van der Waals surface area contributed by atoms with Gasteiger partial charge in [-0.1, -0.05) is 40.2 Å². The van der Waals surface area contributed by atoms with Crippen LogP contribution in [0.4, 0.5) is 16.6 Å². The Balaban J connectivity index is 1.55. The van der Waals surface area contributed by atoms with Gasteiger partial charge in [0.25, 0.3) is 5.91 Å². The highest BCUT2D eigenvalue weighted by molar-refractivity contribution is 7.17. The van der Waals surface area contributed by atoms with E-state index in [4.69, 9.17) is 16.1 Å². The lowest BCUT2D eigenvalue weighted by Crippen LogP contribution is -2.11.